The fraction of sp³-hybridized carbons (Fsp3) is 0.200. The summed E-state index contributed by atoms with van der Waals surface area (Å²) in [5.41, 5.74) is 2.11. The number of hydrogen-bond donors (Lipinski definition) is 2. The maximum atomic E-state index is 13.3. The average Bonchev–Trinajstić information content (AvgIpc) is 3.33. The van der Waals surface area contributed by atoms with E-state index in [4.69, 9.17) is 20.9 Å². The summed E-state index contributed by atoms with van der Waals surface area (Å²) in [5, 5.41) is 21.4. The molecular formula is C25H23ClN4O5. The Kier molecular flexibility index (Phi) is 6.88. The molecule has 0 aliphatic carbocycles. The molecule has 180 valence electrons. The van der Waals surface area contributed by atoms with Crippen LogP contribution in [-0.4, -0.2) is 38.0 Å². The molecule has 2 heterocycles. The van der Waals surface area contributed by atoms with Crippen molar-refractivity contribution < 1.29 is 24.0 Å². The highest BCUT2D eigenvalue weighted by atomic mass is 35.5. The van der Waals surface area contributed by atoms with E-state index in [1.807, 2.05) is 18.2 Å². The second kappa shape index (κ2) is 10.0. The van der Waals surface area contributed by atoms with E-state index in [1.165, 1.54) is 4.68 Å². The number of ether oxygens (including phenoxy) is 1. The minimum absolute atomic E-state index is 0.112. The van der Waals surface area contributed by atoms with Crippen LogP contribution >= 0.6 is 11.6 Å². The third-order valence-electron chi connectivity index (χ3n) is 5.41. The SMILES string of the molecule is Cc1nn(C)c(Oc2ccc(Cl)cc2)c1-c1noc(C)c1C(=O)N[C@@H](Cc1ccccc1)C(=O)O. The lowest BCUT2D eigenvalue weighted by atomic mass is 10.0. The molecule has 2 aromatic heterocycles. The molecule has 0 saturated carbocycles. The van der Waals surface area contributed by atoms with Crippen LogP contribution in [0.1, 0.15) is 27.4 Å². The van der Waals surface area contributed by atoms with Crippen molar-refractivity contribution in [2.24, 2.45) is 7.05 Å². The third kappa shape index (κ3) is 5.20. The number of carboxylic acids is 1. The van der Waals surface area contributed by atoms with Gasteiger partial charge in [-0.2, -0.15) is 5.10 Å². The highest BCUT2D eigenvalue weighted by Crippen LogP contribution is 2.38. The van der Waals surface area contributed by atoms with Crippen molar-refractivity contribution in [3.05, 3.63) is 82.2 Å². The Morgan fingerprint density at radius 1 is 1.14 bits per heavy atom. The average molecular weight is 495 g/mol. The number of carboxylic acid groups (broad SMARTS) is 1. The van der Waals surface area contributed by atoms with Crippen LogP contribution in [0, 0.1) is 13.8 Å². The summed E-state index contributed by atoms with van der Waals surface area (Å²) in [7, 11) is 1.70. The number of benzene rings is 2. The predicted molar refractivity (Wildman–Crippen MR) is 129 cm³/mol. The number of hydrogen-bond acceptors (Lipinski definition) is 6. The molecule has 10 heteroatoms. The van der Waals surface area contributed by atoms with Crippen molar-refractivity contribution in [3.63, 3.8) is 0 Å². The second-order valence-corrected chi connectivity index (χ2v) is 8.40. The van der Waals surface area contributed by atoms with Crippen LogP contribution in [0.15, 0.2) is 59.1 Å². The van der Waals surface area contributed by atoms with Crippen LogP contribution in [0.3, 0.4) is 0 Å². The fourth-order valence-corrected chi connectivity index (χ4v) is 3.86. The number of carbonyl (C=O) groups excluding carboxylic acids is 1. The van der Waals surface area contributed by atoms with E-state index >= 15 is 0 Å². The molecule has 0 bridgehead atoms. The van der Waals surface area contributed by atoms with Gasteiger partial charge in [0.15, 0.2) is 0 Å². The molecule has 4 rings (SSSR count). The van der Waals surface area contributed by atoms with Crippen molar-refractivity contribution in [2.75, 3.05) is 0 Å². The quantitative estimate of drug-likeness (QED) is 0.368. The molecule has 0 radical (unpaired) electrons. The first-order valence-electron chi connectivity index (χ1n) is 10.8. The maximum Gasteiger partial charge on any atom is 0.326 e. The molecule has 1 atom stereocenters. The first-order valence-corrected chi connectivity index (χ1v) is 11.1. The van der Waals surface area contributed by atoms with E-state index in [-0.39, 0.29) is 23.4 Å². The van der Waals surface area contributed by atoms with Crippen molar-refractivity contribution in [1.82, 2.24) is 20.3 Å². The summed E-state index contributed by atoms with van der Waals surface area (Å²) < 4.78 is 12.9. The molecule has 2 aromatic carbocycles. The topological polar surface area (TPSA) is 119 Å². The van der Waals surface area contributed by atoms with E-state index < -0.39 is 17.9 Å². The molecule has 4 aromatic rings. The number of carbonyl (C=O) groups is 2. The van der Waals surface area contributed by atoms with Crippen LogP contribution in [0.2, 0.25) is 5.02 Å². The van der Waals surface area contributed by atoms with E-state index in [0.717, 1.165) is 5.56 Å². The zero-order valence-electron chi connectivity index (χ0n) is 19.3. The normalized spacial score (nSPS) is 11.8. The van der Waals surface area contributed by atoms with Gasteiger partial charge in [0.25, 0.3) is 5.91 Å². The van der Waals surface area contributed by atoms with Gasteiger partial charge in [0.2, 0.25) is 5.88 Å². The number of halogens is 1. The molecule has 35 heavy (non-hydrogen) atoms. The number of aromatic nitrogens is 3. The summed E-state index contributed by atoms with van der Waals surface area (Å²) in [5.74, 6) is -0.683. The Morgan fingerprint density at radius 2 is 1.83 bits per heavy atom. The Balaban J connectivity index is 1.67. The van der Waals surface area contributed by atoms with Gasteiger partial charge in [0, 0.05) is 18.5 Å². The van der Waals surface area contributed by atoms with Crippen LogP contribution in [-0.2, 0) is 18.3 Å². The summed E-state index contributed by atoms with van der Waals surface area (Å²) in [6, 6.07) is 14.7. The monoisotopic (exact) mass is 494 g/mol. The van der Waals surface area contributed by atoms with Gasteiger partial charge >= 0.3 is 5.97 Å². The Morgan fingerprint density at radius 3 is 2.49 bits per heavy atom. The smallest absolute Gasteiger partial charge is 0.326 e. The van der Waals surface area contributed by atoms with Crippen LogP contribution in [0.4, 0.5) is 0 Å². The minimum atomic E-state index is -1.15. The largest absolute Gasteiger partial charge is 0.480 e. The van der Waals surface area contributed by atoms with Crippen LogP contribution in [0.25, 0.3) is 11.3 Å². The van der Waals surface area contributed by atoms with Gasteiger partial charge in [-0.25, -0.2) is 9.48 Å². The highest BCUT2D eigenvalue weighted by Gasteiger charge is 2.31. The first kappa shape index (κ1) is 24.0. The zero-order chi connectivity index (χ0) is 25.1. The molecule has 0 unspecified atom stereocenters. The highest BCUT2D eigenvalue weighted by molar-refractivity contribution is 6.30. The van der Waals surface area contributed by atoms with Gasteiger partial charge in [-0.1, -0.05) is 47.1 Å². The summed E-state index contributed by atoms with van der Waals surface area (Å²) >= 11 is 5.97. The number of nitrogens with zero attached hydrogens (tertiary/aromatic N) is 3. The van der Waals surface area contributed by atoms with Crippen LogP contribution in [0.5, 0.6) is 11.6 Å². The first-order chi connectivity index (χ1) is 16.7. The van der Waals surface area contributed by atoms with E-state index in [1.54, 1.807) is 57.3 Å². The summed E-state index contributed by atoms with van der Waals surface area (Å²) in [6.45, 7) is 3.34. The molecule has 0 saturated heterocycles. The molecule has 0 aliphatic rings. The molecule has 1 amide bonds. The van der Waals surface area contributed by atoms with Gasteiger partial charge in [0.05, 0.1) is 11.3 Å². The van der Waals surface area contributed by atoms with E-state index in [0.29, 0.717) is 27.9 Å². The van der Waals surface area contributed by atoms with Crippen LogP contribution < -0.4 is 10.1 Å². The van der Waals surface area contributed by atoms with Gasteiger partial charge in [-0.3, -0.25) is 4.79 Å². The second-order valence-electron chi connectivity index (χ2n) is 7.96. The van der Waals surface area contributed by atoms with Crippen molar-refractivity contribution in [1.29, 1.82) is 0 Å². The fourth-order valence-electron chi connectivity index (χ4n) is 3.73. The Labute approximate surface area is 206 Å². The zero-order valence-corrected chi connectivity index (χ0v) is 20.0. The molecule has 0 fully saturated rings. The number of amides is 1. The minimum Gasteiger partial charge on any atom is -0.480 e. The lowest BCUT2D eigenvalue weighted by Gasteiger charge is -2.15. The Bertz CT molecular complexity index is 1360. The van der Waals surface area contributed by atoms with E-state index in [2.05, 4.69) is 15.6 Å². The van der Waals surface area contributed by atoms with Crippen molar-refractivity contribution in [2.45, 2.75) is 26.3 Å². The predicted octanol–water partition coefficient (Wildman–Crippen LogP) is 4.56. The summed E-state index contributed by atoms with van der Waals surface area (Å²) in [4.78, 5) is 25.2. The molecule has 2 N–H and O–H groups in total. The molecule has 9 nitrogen and oxygen atoms in total. The van der Waals surface area contributed by atoms with Crippen molar-refractivity contribution >= 4 is 23.5 Å². The molecular weight excluding hydrogens is 472 g/mol. The van der Waals surface area contributed by atoms with E-state index in [9.17, 15) is 14.7 Å². The lowest BCUT2D eigenvalue weighted by Crippen LogP contribution is -2.42. The molecule has 0 aliphatic heterocycles. The molecule has 0 spiro atoms. The number of aliphatic carboxylic acids is 1. The number of nitrogens with one attached hydrogen (secondary N) is 1. The lowest BCUT2D eigenvalue weighted by molar-refractivity contribution is -0.139. The van der Waals surface area contributed by atoms with Gasteiger partial charge in [-0.15, -0.1) is 0 Å². The van der Waals surface area contributed by atoms with Gasteiger partial charge < -0.3 is 19.7 Å². The summed E-state index contributed by atoms with van der Waals surface area (Å²) in [6.07, 6.45) is 0.123. The maximum absolute atomic E-state index is 13.3. The standard InChI is InChI=1S/C25H23ClN4O5/c1-14-20(24(30(3)28-14)34-18-11-9-17(26)10-12-18)22-21(15(2)35-29-22)23(31)27-19(25(32)33)13-16-7-5-4-6-8-16/h4-12,19H,13H2,1-3H3,(H,27,31)(H,32,33)/t19-/m0/s1. The number of aryl methyl sites for hydroxylation is 3. The van der Waals surface area contributed by atoms with Crippen molar-refractivity contribution in [3.8, 4) is 22.9 Å². The van der Waals surface area contributed by atoms with Gasteiger partial charge in [-0.05, 0) is 43.7 Å². The number of rotatable bonds is 8. The third-order valence-corrected chi connectivity index (χ3v) is 5.66. The van der Waals surface area contributed by atoms with Gasteiger partial charge in [0.1, 0.15) is 28.8 Å². The Hall–Kier alpha value is -4.11.